The third-order valence-corrected chi connectivity index (χ3v) is 6.65. The van der Waals surface area contributed by atoms with Crippen molar-refractivity contribution in [1.82, 2.24) is 9.91 Å². The minimum absolute atomic E-state index is 0.120. The first-order valence-corrected chi connectivity index (χ1v) is 12.6. The average Bonchev–Trinajstić information content (AvgIpc) is 2.91. The first-order chi connectivity index (χ1) is 17.6. The van der Waals surface area contributed by atoms with Crippen LogP contribution in [-0.4, -0.2) is 86.4 Å². The molecule has 0 spiro atoms. The summed E-state index contributed by atoms with van der Waals surface area (Å²) in [7, 11) is 3.17. The lowest BCUT2D eigenvalue weighted by atomic mass is 10.1. The van der Waals surface area contributed by atoms with Crippen molar-refractivity contribution in [3.05, 3.63) is 53.6 Å². The van der Waals surface area contributed by atoms with Crippen molar-refractivity contribution in [2.45, 2.75) is 6.54 Å². The minimum Gasteiger partial charge on any atom is -0.493 e. The van der Waals surface area contributed by atoms with Crippen LogP contribution in [0.15, 0.2) is 47.6 Å². The van der Waals surface area contributed by atoms with Crippen molar-refractivity contribution in [2.75, 3.05) is 64.7 Å². The number of carbonyl (C=O) groups is 2. The molecule has 4 rings (SSSR count). The van der Waals surface area contributed by atoms with E-state index in [2.05, 4.69) is 15.3 Å². The molecule has 36 heavy (non-hydrogen) atoms. The van der Waals surface area contributed by atoms with Crippen molar-refractivity contribution < 1.29 is 28.5 Å². The molecule has 0 aliphatic carbocycles. The van der Waals surface area contributed by atoms with Gasteiger partial charge < -0.3 is 18.9 Å². The highest BCUT2D eigenvalue weighted by Crippen LogP contribution is 2.30. The van der Waals surface area contributed by atoms with Crippen LogP contribution in [0.3, 0.4) is 0 Å². The van der Waals surface area contributed by atoms with Gasteiger partial charge in [0, 0.05) is 36.6 Å². The van der Waals surface area contributed by atoms with Crippen LogP contribution in [0.2, 0.25) is 0 Å². The lowest BCUT2D eigenvalue weighted by molar-refractivity contribution is 0.0290. The second-order valence-corrected chi connectivity index (χ2v) is 9.07. The summed E-state index contributed by atoms with van der Waals surface area (Å²) in [5, 5.41) is 8.64. The smallest absolute Gasteiger partial charge is 0.411 e. The van der Waals surface area contributed by atoms with Crippen LogP contribution in [0, 0.1) is 0 Å². The van der Waals surface area contributed by atoms with E-state index in [1.165, 1.54) is 16.8 Å². The van der Waals surface area contributed by atoms with E-state index in [-0.39, 0.29) is 5.24 Å². The zero-order valence-electron chi connectivity index (χ0n) is 20.4. The molecule has 2 amide bonds. The van der Waals surface area contributed by atoms with Crippen LogP contribution in [-0.2, 0) is 16.0 Å². The molecule has 1 fully saturated rings. The SMILES string of the molecule is COc1ccc(C2=NN(Cc3ccc(NC(=O)OCCN4CCOCC4)cc3)C(=O)SC2)cc1OC. The monoisotopic (exact) mass is 514 g/mol. The van der Waals surface area contributed by atoms with Gasteiger partial charge in [-0.3, -0.25) is 15.0 Å². The molecule has 2 aliphatic heterocycles. The van der Waals surface area contributed by atoms with Crippen LogP contribution in [0.1, 0.15) is 11.1 Å². The Balaban J connectivity index is 1.32. The van der Waals surface area contributed by atoms with Crippen LogP contribution in [0.5, 0.6) is 11.5 Å². The Labute approximate surface area is 214 Å². The Kier molecular flexibility index (Phi) is 9.04. The first kappa shape index (κ1) is 25.8. The molecule has 11 heteroatoms. The molecule has 2 aromatic rings. The number of amides is 2. The molecule has 10 nitrogen and oxygen atoms in total. The molecule has 1 saturated heterocycles. The van der Waals surface area contributed by atoms with E-state index in [9.17, 15) is 9.59 Å². The Morgan fingerprint density at radius 3 is 2.56 bits per heavy atom. The van der Waals surface area contributed by atoms with Gasteiger partial charge in [-0.1, -0.05) is 23.9 Å². The van der Waals surface area contributed by atoms with Gasteiger partial charge in [0.25, 0.3) is 0 Å². The molecule has 0 atom stereocenters. The van der Waals surface area contributed by atoms with E-state index in [0.717, 1.165) is 29.9 Å². The summed E-state index contributed by atoms with van der Waals surface area (Å²) in [6, 6.07) is 12.8. The molecule has 0 unspecified atom stereocenters. The number of ether oxygens (including phenoxy) is 4. The van der Waals surface area contributed by atoms with E-state index in [4.69, 9.17) is 18.9 Å². The third kappa shape index (κ3) is 6.90. The molecule has 0 radical (unpaired) electrons. The summed E-state index contributed by atoms with van der Waals surface area (Å²) in [6.45, 7) is 4.44. The fourth-order valence-corrected chi connectivity index (χ4v) is 4.53. The van der Waals surface area contributed by atoms with Gasteiger partial charge in [-0.2, -0.15) is 5.10 Å². The number of thioether (sulfide) groups is 1. The largest absolute Gasteiger partial charge is 0.493 e. The molecule has 2 heterocycles. The third-order valence-electron chi connectivity index (χ3n) is 5.78. The maximum absolute atomic E-state index is 12.5. The maximum Gasteiger partial charge on any atom is 0.411 e. The lowest BCUT2D eigenvalue weighted by Crippen LogP contribution is -2.38. The molecule has 1 N–H and O–H groups in total. The summed E-state index contributed by atoms with van der Waals surface area (Å²) >= 11 is 1.20. The van der Waals surface area contributed by atoms with Crippen LogP contribution >= 0.6 is 11.8 Å². The second kappa shape index (κ2) is 12.6. The number of rotatable bonds is 9. The maximum atomic E-state index is 12.5. The summed E-state index contributed by atoms with van der Waals surface area (Å²) < 4.78 is 21.3. The second-order valence-electron chi connectivity index (χ2n) is 8.14. The fraction of sp³-hybridized carbons (Fsp3) is 0.400. The van der Waals surface area contributed by atoms with Gasteiger partial charge in [0.2, 0.25) is 0 Å². The number of methoxy groups -OCH3 is 2. The van der Waals surface area contributed by atoms with Gasteiger partial charge >= 0.3 is 11.3 Å². The summed E-state index contributed by atoms with van der Waals surface area (Å²) in [5.41, 5.74) is 3.14. The van der Waals surface area contributed by atoms with E-state index in [0.29, 0.717) is 55.8 Å². The quantitative estimate of drug-likeness (QED) is 0.541. The zero-order chi connectivity index (χ0) is 25.3. The Hall–Kier alpha value is -3.28. The van der Waals surface area contributed by atoms with E-state index < -0.39 is 6.09 Å². The van der Waals surface area contributed by atoms with E-state index in [1.54, 1.807) is 26.4 Å². The normalized spacial score (nSPS) is 16.3. The van der Waals surface area contributed by atoms with Crippen LogP contribution < -0.4 is 14.8 Å². The van der Waals surface area contributed by atoms with Crippen molar-refractivity contribution in [3.63, 3.8) is 0 Å². The molecule has 0 bridgehead atoms. The number of benzene rings is 2. The molecule has 2 aliphatic rings. The first-order valence-electron chi connectivity index (χ1n) is 11.6. The number of nitrogens with zero attached hydrogens (tertiary/aromatic N) is 3. The predicted octanol–water partition coefficient (Wildman–Crippen LogP) is 3.66. The minimum atomic E-state index is -0.497. The summed E-state index contributed by atoms with van der Waals surface area (Å²) in [6.07, 6.45) is -0.497. The van der Waals surface area contributed by atoms with Crippen LogP contribution in [0.25, 0.3) is 0 Å². The summed E-state index contributed by atoms with van der Waals surface area (Å²) in [4.78, 5) is 26.8. The number of nitrogens with one attached hydrogen (secondary N) is 1. The van der Waals surface area contributed by atoms with Gasteiger partial charge in [-0.15, -0.1) is 0 Å². The van der Waals surface area contributed by atoms with Gasteiger partial charge in [-0.25, -0.2) is 9.80 Å². The highest BCUT2D eigenvalue weighted by Gasteiger charge is 2.23. The van der Waals surface area contributed by atoms with Gasteiger partial charge in [0.1, 0.15) is 6.61 Å². The summed E-state index contributed by atoms with van der Waals surface area (Å²) in [5.74, 6) is 1.71. The van der Waals surface area contributed by atoms with E-state index in [1.807, 2.05) is 30.3 Å². The number of hydrogen-bond acceptors (Lipinski definition) is 9. The highest BCUT2D eigenvalue weighted by molar-refractivity contribution is 8.14. The standard InChI is InChI=1S/C25H30N4O6S/c1-32-22-8-5-19(15-23(22)33-2)21-17-36-25(31)29(27-21)16-18-3-6-20(7-4-18)26-24(30)35-14-11-28-9-12-34-13-10-28/h3-8,15H,9-14,16-17H2,1-2H3,(H,26,30). The highest BCUT2D eigenvalue weighted by atomic mass is 32.2. The molecular formula is C25H30N4O6S. The number of morpholine rings is 1. The average molecular weight is 515 g/mol. The van der Waals surface area contributed by atoms with Gasteiger partial charge in [-0.05, 0) is 35.9 Å². The number of anilines is 1. The Morgan fingerprint density at radius 1 is 1.08 bits per heavy atom. The van der Waals surface area contributed by atoms with Crippen molar-refractivity contribution in [2.24, 2.45) is 5.10 Å². The van der Waals surface area contributed by atoms with Gasteiger partial charge in [0.05, 0.1) is 39.7 Å². The number of hydrazone groups is 1. The predicted molar refractivity (Wildman–Crippen MR) is 138 cm³/mol. The van der Waals surface area contributed by atoms with Crippen molar-refractivity contribution in [3.8, 4) is 11.5 Å². The topological polar surface area (TPSA) is 102 Å². The molecule has 192 valence electrons. The molecule has 0 aromatic heterocycles. The molecular weight excluding hydrogens is 484 g/mol. The number of hydrogen-bond donors (Lipinski definition) is 1. The molecule has 0 saturated carbocycles. The fourth-order valence-electron chi connectivity index (χ4n) is 3.79. The Bertz CT molecular complexity index is 1090. The lowest BCUT2D eigenvalue weighted by Gasteiger charge is -2.26. The van der Waals surface area contributed by atoms with Crippen molar-refractivity contribution >= 4 is 34.5 Å². The van der Waals surface area contributed by atoms with Crippen LogP contribution in [0.4, 0.5) is 15.3 Å². The van der Waals surface area contributed by atoms with Crippen molar-refractivity contribution in [1.29, 1.82) is 0 Å². The molecule has 2 aromatic carbocycles. The zero-order valence-corrected chi connectivity index (χ0v) is 21.2. The Morgan fingerprint density at radius 2 is 1.83 bits per heavy atom. The van der Waals surface area contributed by atoms with E-state index >= 15 is 0 Å². The van der Waals surface area contributed by atoms with Gasteiger partial charge in [0.15, 0.2) is 11.5 Å². The number of carbonyl (C=O) groups excluding carboxylic acids is 2.